The topological polar surface area (TPSA) is 57.2 Å². The number of carbonyl (C=O) groups is 1. The van der Waals surface area contributed by atoms with E-state index in [0.29, 0.717) is 23.6 Å². The predicted molar refractivity (Wildman–Crippen MR) is 130 cm³/mol. The molecule has 1 fully saturated rings. The maximum Gasteiger partial charge on any atom is 0.343 e. The molecule has 2 aromatic carbocycles. The second-order valence-corrected chi connectivity index (χ2v) is 7.45. The van der Waals surface area contributed by atoms with Crippen molar-refractivity contribution >= 4 is 5.97 Å². The number of esters is 1. The third-order valence-corrected chi connectivity index (χ3v) is 5.09. The molecular weight excluding hydrogens is 430 g/mol. The Morgan fingerprint density at radius 1 is 1.09 bits per heavy atom. The Kier molecular flexibility index (Phi) is 9.44. The van der Waals surface area contributed by atoms with E-state index in [1.54, 1.807) is 12.1 Å². The van der Waals surface area contributed by atoms with E-state index in [4.69, 9.17) is 20.6 Å². The molecule has 2 aromatic rings. The second-order valence-electron chi connectivity index (χ2n) is 7.45. The Morgan fingerprint density at radius 3 is 2.50 bits per heavy atom. The van der Waals surface area contributed by atoms with Crippen LogP contribution in [0.1, 0.15) is 22.3 Å². The SMILES string of the molecule is C#Cc1c(C#CCOc2ccc(OCC(=O)OC)c(C)c2)cccc1C#CCN1CCOCC1. The lowest BCUT2D eigenvalue weighted by molar-refractivity contribution is -0.142. The van der Waals surface area contributed by atoms with E-state index >= 15 is 0 Å². The smallest absolute Gasteiger partial charge is 0.343 e. The van der Waals surface area contributed by atoms with Crippen LogP contribution in [0.15, 0.2) is 36.4 Å². The molecule has 0 atom stereocenters. The van der Waals surface area contributed by atoms with Gasteiger partial charge in [-0.2, -0.15) is 0 Å². The third-order valence-electron chi connectivity index (χ3n) is 5.09. The van der Waals surface area contributed by atoms with Crippen molar-refractivity contribution < 1.29 is 23.7 Å². The first-order valence-corrected chi connectivity index (χ1v) is 10.9. The minimum Gasteiger partial charge on any atom is -0.482 e. The summed E-state index contributed by atoms with van der Waals surface area (Å²) >= 11 is 0. The zero-order valence-corrected chi connectivity index (χ0v) is 19.5. The van der Waals surface area contributed by atoms with Crippen molar-refractivity contribution in [3.05, 3.63) is 58.7 Å². The Bertz CT molecular complexity index is 1170. The van der Waals surface area contributed by atoms with Crippen molar-refractivity contribution in [3.63, 3.8) is 0 Å². The molecule has 1 aliphatic heterocycles. The number of benzene rings is 2. The predicted octanol–water partition coefficient (Wildman–Crippen LogP) is 2.64. The maximum absolute atomic E-state index is 11.2. The first kappa shape index (κ1) is 24.7. The molecule has 6 nitrogen and oxygen atoms in total. The third kappa shape index (κ3) is 7.32. The average molecular weight is 458 g/mol. The molecule has 0 saturated carbocycles. The quantitative estimate of drug-likeness (QED) is 0.491. The van der Waals surface area contributed by atoms with Gasteiger partial charge in [0.25, 0.3) is 0 Å². The summed E-state index contributed by atoms with van der Waals surface area (Å²) < 4.78 is 21.1. The first-order chi connectivity index (χ1) is 16.6. The van der Waals surface area contributed by atoms with Crippen LogP contribution in [0.4, 0.5) is 0 Å². The van der Waals surface area contributed by atoms with Crippen LogP contribution in [0.5, 0.6) is 11.5 Å². The fourth-order valence-corrected chi connectivity index (χ4v) is 3.24. The van der Waals surface area contributed by atoms with Gasteiger partial charge >= 0.3 is 5.97 Å². The van der Waals surface area contributed by atoms with E-state index in [2.05, 4.69) is 39.2 Å². The molecule has 0 amide bonds. The van der Waals surface area contributed by atoms with Crippen LogP contribution >= 0.6 is 0 Å². The maximum atomic E-state index is 11.2. The molecule has 174 valence electrons. The number of aryl methyl sites for hydroxylation is 1. The van der Waals surface area contributed by atoms with Gasteiger partial charge in [0.05, 0.1) is 32.4 Å². The van der Waals surface area contributed by atoms with Gasteiger partial charge in [0.2, 0.25) is 0 Å². The van der Waals surface area contributed by atoms with E-state index < -0.39 is 5.97 Å². The molecule has 3 rings (SSSR count). The number of terminal acetylenes is 1. The van der Waals surface area contributed by atoms with Gasteiger partial charge in [0.1, 0.15) is 18.1 Å². The van der Waals surface area contributed by atoms with Gasteiger partial charge in [0, 0.05) is 24.2 Å². The van der Waals surface area contributed by atoms with Gasteiger partial charge < -0.3 is 18.9 Å². The highest BCUT2D eigenvalue weighted by atomic mass is 16.6. The van der Waals surface area contributed by atoms with Gasteiger partial charge in [-0.05, 0) is 42.8 Å². The number of hydrogen-bond acceptors (Lipinski definition) is 6. The molecule has 6 heteroatoms. The summed E-state index contributed by atoms with van der Waals surface area (Å²) in [5.41, 5.74) is 3.06. The molecule has 0 spiro atoms. The fraction of sp³-hybridized carbons (Fsp3) is 0.321. The van der Waals surface area contributed by atoms with Crippen molar-refractivity contribution in [2.24, 2.45) is 0 Å². The highest BCUT2D eigenvalue weighted by Crippen LogP contribution is 2.23. The summed E-state index contributed by atoms with van der Waals surface area (Å²) in [6.07, 6.45) is 5.76. The average Bonchev–Trinajstić information content (AvgIpc) is 2.86. The summed E-state index contributed by atoms with van der Waals surface area (Å²) in [6.45, 7) is 5.89. The highest BCUT2D eigenvalue weighted by molar-refractivity contribution is 5.71. The molecule has 0 unspecified atom stereocenters. The number of hydrogen-bond donors (Lipinski definition) is 0. The summed E-state index contributed by atoms with van der Waals surface area (Å²) in [4.78, 5) is 13.5. The molecule has 0 aromatic heterocycles. The number of ether oxygens (including phenoxy) is 4. The van der Waals surface area contributed by atoms with Crippen molar-refractivity contribution in [2.75, 3.05) is 53.2 Å². The molecule has 1 heterocycles. The monoisotopic (exact) mass is 457 g/mol. The van der Waals surface area contributed by atoms with Crippen molar-refractivity contribution in [2.45, 2.75) is 6.92 Å². The molecule has 0 aliphatic carbocycles. The van der Waals surface area contributed by atoms with E-state index in [1.807, 2.05) is 31.2 Å². The molecule has 1 aliphatic rings. The molecular formula is C28H27NO5. The Hall–Kier alpha value is -3.89. The van der Waals surface area contributed by atoms with Crippen molar-refractivity contribution in [3.8, 4) is 47.5 Å². The molecule has 0 bridgehead atoms. The van der Waals surface area contributed by atoms with Gasteiger partial charge in [-0.25, -0.2) is 4.79 Å². The lowest BCUT2D eigenvalue weighted by Gasteiger charge is -2.24. The van der Waals surface area contributed by atoms with Crippen LogP contribution in [-0.2, 0) is 14.3 Å². The van der Waals surface area contributed by atoms with Crippen LogP contribution in [0.3, 0.4) is 0 Å². The van der Waals surface area contributed by atoms with Gasteiger partial charge in [-0.15, -0.1) is 6.42 Å². The molecule has 1 saturated heterocycles. The Labute approximate surface area is 201 Å². The van der Waals surface area contributed by atoms with E-state index in [0.717, 1.165) is 43.0 Å². The summed E-state index contributed by atoms with van der Waals surface area (Å²) in [7, 11) is 1.32. The van der Waals surface area contributed by atoms with Crippen LogP contribution in [0.2, 0.25) is 0 Å². The summed E-state index contributed by atoms with van der Waals surface area (Å²) in [5.74, 6) is 16.0. The number of rotatable bonds is 6. The first-order valence-electron chi connectivity index (χ1n) is 10.9. The van der Waals surface area contributed by atoms with Crippen LogP contribution in [0.25, 0.3) is 0 Å². The summed E-state index contributed by atoms with van der Waals surface area (Å²) in [5, 5.41) is 0. The highest BCUT2D eigenvalue weighted by Gasteiger charge is 2.08. The van der Waals surface area contributed by atoms with Crippen LogP contribution in [0, 0.1) is 42.9 Å². The van der Waals surface area contributed by atoms with Crippen molar-refractivity contribution in [1.82, 2.24) is 4.90 Å². The van der Waals surface area contributed by atoms with Crippen LogP contribution < -0.4 is 9.47 Å². The minimum atomic E-state index is -0.437. The zero-order chi connectivity index (χ0) is 24.2. The Balaban J connectivity index is 1.59. The number of nitrogens with zero attached hydrogens (tertiary/aromatic N) is 1. The lowest BCUT2D eigenvalue weighted by Crippen LogP contribution is -2.36. The number of morpholine rings is 1. The fourth-order valence-electron chi connectivity index (χ4n) is 3.24. The van der Waals surface area contributed by atoms with Gasteiger partial charge in [0.15, 0.2) is 6.61 Å². The largest absolute Gasteiger partial charge is 0.482 e. The molecule has 0 N–H and O–H groups in total. The molecule has 0 radical (unpaired) electrons. The van der Waals surface area contributed by atoms with Crippen LogP contribution in [-0.4, -0.2) is 64.0 Å². The molecule has 34 heavy (non-hydrogen) atoms. The van der Waals surface area contributed by atoms with E-state index in [-0.39, 0.29) is 13.2 Å². The minimum absolute atomic E-state index is 0.142. The number of carbonyl (C=O) groups excluding carboxylic acids is 1. The lowest BCUT2D eigenvalue weighted by atomic mass is 10.0. The standard InChI is InChI=1S/C28H27NO5/c1-4-26-23(10-6-14-29-15-18-32-19-16-29)8-5-9-24(26)11-7-17-33-25-12-13-27(22(2)20-25)34-21-28(30)31-3/h1,5,8-9,12-13,20H,14-19,21H2,2-3H3. The van der Waals surface area contributed by atoms with Crippen molar-refractivity contribution in [1.29, 1.82) is 0 Å². The van der Waals surface area contributed by atoms with E-state index in [9.17, 15) is 4.79 Å². The second kappa shape index (κ2) is 13.0. The Morgan fingerprint density at radius 2 is 1.82 bits per heavy atom. The van der Waals surface area contributed by atoms with Gasteiger partial charge in [-0.1, -0.05) is 35.7 Å². The normalized spacial score (nSPS) is 12.9. The summed E-state index contributed by atoms with van der Waals surface area (Å²) in [6, 6.07) is 11.0. The number of methoxy groups -OCH3 is 1. The van der Waals surface area contributed by atoms with Gasteiger partial charge in [-0.3, -0.25) is 4.90 Å². The zero-order valence-electron chi connectivity index (χ0n) is 19.5. The van der Waals surface area contributed by atoms with E-state index in [1.165, 1.54) is 7.11 Å².